The molecular weight excluding hydrogens is 410 g/mol. The molecule has 0 saturated heterocycles. The number of amides is 2. The summed E-state index contributed by atoms with van der Waals surface area (Å²) in [5, 5.41) is 9.33. The van der Waals surface area contributed by atoms with Crippen molar-refractivity contribution in [3.8, 4) is 0 Å². The molecule has 6 rings (SSSR count). The van der Waals surface area contributed by atoms with Crippen LogP contribution in [-0.4, -0.2) is 28.5 Å². The van der Waals surface area contributed by atoms with Gasteiger partial charge in [-0.15, -0.1) is 11.8 Å². The number of rotatable bonds is 7. The van der Waals surface area contributed by atoms with Gasteiger partial charge in [0.25, 0.3) is 0 Å². The Hall–Kier alpha value is -2.28. The largest absolute Gasteiger partial charge is 0.360 e. The standard InChI is InChI=1S/C24H29N3O3S/c1-15-6-21(27-30-15)26-23(29)14-31-13-22(28)25-20-4-2-19(3-5-20)24-10-16-7-17(11-24)9-18(8-16)12-24/h2-6,16-18H,7-14H2,1H3,(H,25,28)(H,26,27,29). The average Bonchev–Trinajstić information content (AvgIpc) is 3.12. The van der Waals surface area contributed by atoms with Crippen LogP contribution in [-0.2, 0) is 15.0 Å². The quantitative estimate of drug-likeness (QED) is 0.650. The highest BCUT2D eigenvalue weighted by Crippen LogP contribution is 2.60. The Balaban J connectivity index is 1.10. The Kier molecular flexibility index (Phi) is 5.54. The zero-order valence-corrected chi connectivity index (χ0v) is 18.7. The first-order chi connectivity index (χ1) is 15.0. The number of benzene rings is 1. The van der Waals surface area contributed by atoms with Crippen LogP contribution in [0.2, 0.25) is 0 Å². The average molecular weight is 440 g/mol. The van der Waals surface area contributed by atoms with Crippen LogP contribution in [0.1, 0.15) is 49.8 Å². The number of aromatic nitrogens is 1. The van der Waals surface area contributed by atoms with Crippen molar-refractivity contribution >= 4 is 35.1 Å². The second-order valence-corrected chi connectivity index (χ2v) is 10.7. The summed E-state index contributed by atoms with van der Waals surface area (Å²) in [6.07, 6.45) is 8.37. The molecule has 2 N–H and O–H groups in total. The summed E-state index contributed by atoms with van der Waals surface area (Å²) in [5.74, 6) is 3.91. The van der Waals surface area contributed by atoms with E-state index in [1.807, 2.05) is 12.1 Å². The van der Waals surface area contributed by atoms with Crippen molar-refractivity contribution in [3.05, 3.63) is 41.7 Å². The molecule has 7 heteroatoms. The first kappa shape index (κ1) is 20.6. The predicted molar refractivity (Wildman–Crippen MR) is 122 cm³/mol. The highest BCUT2D eigenvalue weighted by molar-refractivity contribution is 8.00. The monoisotopic (exact) mass is 439 g/mol. The van der Waals surface area contributed by atoms with E-state index in [2.05, 4.69) is 27.9 Å². The number of hydrogen-bond acceptors (Lipinski definition) is 5. The zero-order chi connectivity index (χ0) is 21.4. The van der Waals surface area contributed by atoms with E-state index in [0.29, 0.717) is 17.0 Å². The van der Waals surface area contributed by atoms with Crippen molar-refractivity contribution < 1.29 is 14.1 Å². The SMILES string of the molecule is Cc1cc(NC(=O)CSCC(=O)Nc2ccc(C34CC5CC(CC(C5)C3)C4)cc2)no1. The molecule has 1 aromatic carbocycles. The fourth-order valence-corrected chi connectivity index (χ4v) is 7.03. The van der Waals surface area contributed by atoms with Gasteiger partial charge in [-0.25, -0.2) is 0 Å². The van der Waals surface area contributed by atoms with E-state index in [0.717, 1.165) is 23.4 Å². The number of nitrogens with zero attached hydrogens (tertiary/aromatic N) is 1. The third-order valence-corrected chi connectivity index (χ3v) is 8.11. The smallest absolute Gasteiger partial charge is 0.235 e. The summed E-state index contributed by atoms with van der Waals surface area (Å²) in [6, 6.07) is 10.2. The van der Waals surface area contributed by atoms with Crippen molar-refractivity contribution in [1.29, 1.82) is 0 Å². The van der Waals surface area contributed by atoms with Gasteiger partial charge in [-0.2, -0.15) is 0 Å². The highest BCUT2D eigenvalue weighted by atomic mass is 32.2. The van der Waals surface area contributed by atoms with Crippen molar-refractivity contribution in [3.63, 3.8) is 0 Å². The lowest BCUT2D eigenvalue weighted by Crippen LogP contribution is -2.48. The fourth-order valence-electron chi connectivity index (χ4n) is 6.41. The number of carbonyl (C=O) groups excluding carboxylic acids is 2. The summed E-state index contributed by atoms with van der Waals surface area (Å²) < 4.78 is 4.91. The zero-order valence-electron chi connectivity index (χ0n) is 17.9. The normalized spacial score (nSPS) is 28.5. The molecule has 4 aliphatic rings. The highest BCUT2D eigenvalue weighted by Gasteiger charge is 2.51. The van der Waals surface area contributed by atoms with Gasteiger partial charge in [0, 0.05) is 11.8 Å². The number of thioether (sulfide) groups is 1. The van der Waals surface area contributed by atoms with Crippen molar-refractivity contribution in [2.24, 2.45) is 17.8 Å². The van der Waals surface area contributed by atoms with Crippen molar-refractivity contribution in [2.75, 3.05) is 22.1 Å². The lowest BCUT2D eigenvalue weighted by Gasteiger charge is -2.57. The third-order valence-electron chi connectivity index (χ3n) is 7.18. The molecule has 2 amide bonds. The van der Waals surface area contributed by atoms with Gasteiger partial charge >= 0.3 is 0 Å². The molecule has 1 heterocycles. The van der Waals surface area contributed by atoms with E-state index in [1.165, 1.54) is 55.9 Å². The predicted octanol–water partition coefficient (Wildman–Crippen LogP) is 4.76. The Morgan fingerprint density at radius 2 is 1.58 bits per heavy atom. The second kappa shape index (κ2) is 8.34. The molecule has 0 atom stereocenters. The molecule has 4 aliphatic carbocycles. The molecule has 2 aromatic rings. The van der Waals surface area contributed by atoms with Gasteiger partial charge in [-0.3, -0.25) is 9.59 Å². The Labute approximate surface area is 186 Å². The molecule has 1 aromatic heterocycles. The molecule has 4 fully saturated rings. The second-order valence-electron chi connectivity index (χ2n) is 9.69. The van der Waals surface area contributed by atoms with Crippen LogP contribution in [0.3, 0.4) is 0 Å². The Morgan fingerprint density at radius 1 is 1.00 bits per heavy atom. The topological polar surface area (TPSA) is 84.2 Å². The molecule has 164 valence electrons. The lowest BCUT2D eigenvalue weighted by atomic mass is 9.48. The number of anilines is 2. The van der Waals surface area contributed by atoms with Gasteiger partial charge < -0.3 is 15.2 Å². The summed E-state index contributed by atoms with van der Waals surface area (Å²) in [5.41, 5.74) is 2.66. The van der Waals surface area contributed by atoms with Crippen LogP contribution in [0.4, 0.5) is 11.5 Å². The number of nitrogens with one attached hydrogen (secondary N) is 2. The molecular formula is C24H29N3O3S. The minimum atomic E-state index is -0.203. The lowest BCUT2D eigenvalue weighted by molar-refractivity contribution is -0.114. The first-order valence-electron chi connectivity index (χ1n) is 11.2. The summed E-state index contributed by atoms with van der Waals surface area (Å²) >= 11 is 1.27. The van der Waals surface area contributed by atoms with Gasteiger partial charge in [0.15, 0.2) is 5.82 Å². The minimum absolute atomic E-state index is 0.0994. The Morgan fingerprint density at radius 3 is 2.13 bits per heavy atom. The number of hydrogen-bond donors (Lipinski definition) is 2. The summed E-state index contributed by atoms with van der Waals surface area (Å²) in [4.78, 5) is 24.2. The van der Waals surface area contributed by atoms with Crippen LogP contribution >= 0.6 is 11.8 Å². The molecule has 0 spiro atoms. The molecule has 4 bridgehead atoms. The first-order valence-corrected chi connectivity index (χ1v) is 12.3. The van der Waals surface area contributed by atoms with E-state index in [9.17, 15) is 9.59 Å². The fraction of sp³-hybridized carbons (Fsp3) is 0.542. The third kappa shape index (κ3) is 4.52. The van der Waals surface area contributed by atoms with E-state index in [-0.39, 0.29) is 23.3 Å². The van der Waals surface area contributed by atoms with E-state index >= 15 is 0 Å². The minimum Gasteiger partial charge on any atom is -0.360 e. The molecule has 31 heavy (non-hydrogen) atoms. The van der Waals surface area contributed by atoms with Gasteiger partial charge in [0.2, 0.25) is 11.8 Å². The summed E-state index contributed by atoms with van der Waals surface area (Å²) in [7, 11) is 0. The van der Waals surface area contributed by atoms with Crippen LogP contribution in [0.15, 0.2) is 34.9 Å². The van der Waals surface area contributed by atoms with Gasteiger partial charge in [-0.05, 0) is 86.3 Å². The van der Waals surface area contributed by atoms with Gasteiger partial charge in [0.1, 0.15) is 5.76 Å². The van der Waals surface area contributed by atoms with Gasteiger partial charge in [-0.1, -0.05) is 17.3 Å². The van der Waals surface area contributed by atoms with E-state index in [4.69, 9.17) is 4.52 Å². The van der Waals surface area contributed by atoms with E-state index in [1.54, 1.807) is 13.0 Å². The molecule has 0 unspecified atom stereocenters. The molecule has 6 nitrogen and oxygen atoms in total. The van der Waals surface area contributed by atoms with Crippen LogP contribution < -0.4 is 10.6 Å². The number of carbonyl (C=O) groups is 2. The molecule has 0 aliphatic heterocycles. The van der Waals surface area contributed by atoms with Crippen molar-refractivity contribution in [2.45, 2.75) is 50.9 Å². The maximum atomic E-state index is 12.3. The molecule has 4 saturated carbocycles. The molecule has 0 radical (unpaired) electrons. The summed E-state index contributed by atoms with van der Waals surface area (Å²) in [6.45, 7) is 1.76. The van der Waals surface area contributed by atoms with Gasteiger partial charge in [0.05, 0.1) is 11.5 Å². The maximum absolute atomic E-state index is 12.3. The van der Waals surface area contributed by atoms with Crippen LogP contribution in [0, 0.1) is 24.7 Å². The van der Waals surface area contributed by atoms with Crippen LogP contribution in [0.25, 0.3) is 0 Å². The van der Waals surface area contributed by atoms with E-state index < -0.39 is 0 Å². The van der Waals surface area contributed by atoms with Crippen LogP contribution in [0.5, 0.6) is 0 Å². The Bertz CT molecular complexity index is 933. The van der Waals surface area contributed by atoms with Crippen molar-refractivity contribution in [1.82, 2.24) is 5.16 Å². The maximum Gasteiger partial charge on any atom is 0.235 e. The number of aryl methyl sites for hydroxylation is 1.